The van der Waals surface area contributed by atoms with Gasteiger partial charge in [-0.25, -0.2) is 4.79 Å². The quantitative estimate of drug-likeness (QED) is 0.0767. The summed E-state index contributed by atoms with van der Waals surface area (Å²) in [6.07, 6.45) is 3.12. The summed E-state index contributed by atoms with van der Waals surface area (Å²) in [7, 11) is 0. The monoisotopic (exact) mass is 536 g/mol. The molecule has 10 nitrogen and oxygen atoms in total. The Labute approximate surface area is 223 Å². The lowest BCUT2D eigenvalue weighted by Gasteiger charge is -2.52. The standard InChI is InChI=1S/C26H37N3O7S/c1-4-29(5-2,6-3)22-17-23(30)27(22)25(21(37)14-16-35-24-9-7-8-15-34-24)26(31)36-18-19-10-12-20(13-11-19)28(32)33/h10-13,22,24H,4-9,14-18H2,1-3H3/p+1. The van der Waals surface area contributed by atoms with Gasteiger partial charge in [-0.15, -0.1) is 12.6 Å². The minimum atomic E-state index is -0.656. The maximum absolute atomic E-state index is 13.4. The number of nitrogens with zero attached hydrogens (tertiary/aromatic N) is 3. The predicted octanol–water partition coefficient (Wildman–Crippen LogP) is 4.15. The van der Waals surface area contributed by atoms with E-state index in [1.54, 1.807) is 17.0 Å². The highest BCUT2D eigenvalue weighted by Crippen LogP contribution is 2.36. The molecule has 2 heterocycles. The minimum absolute atomic E-state index is 0.0444. The van der Waals surface area contributed by atoms with E-state index in [-0.39, 0.29) is 36.4 Å². The molecule has 1 amide bonds. The molecule has 2 aliphatic heterocycles. The van der Waals surface area contributed by atoms with Gasteiger partial charge in [0.05, 0.1) is 31.2 Å². The fourth-order valence-electron chi connectivity index (χ4n) is 4.95. The topological polar surface area (TPSA) is 108 Å². The number of nitro benzene ring substituents is 1. The molecule has 2 fully saturated rings. The highest BCUT2D eigenvalue weighted by molar-refractivity contribution is 7.84. The largest absolute Gasteiger partial charge is 0.456 e. The van der Waals surface area contributed by atoms with Crippen molar-refractivity contribution in [3.8, 4) is 0 Å². The second-order valence-corrected chi connectivity index (χ2v) is 9.87. The molecule has 0 aliphatic carbocycles. The van der Waals surface area contributed by atoms with Gasteiger partial charge in [-0.05, 0) is 57.7 Å². The number of rotatable bonds is 13. The lowest BCUT2D eigenvalue weighted by atomic mass is 10.0. The van der Waals surface area contributed by atoms with Gasteiger partial charge < -0.3 is 18.7 Å². The van der Waals surface area contributed by atoms with Crippen LogP contribution in [0.5, 0.6) is 0 Å². The van der Waals surface area contributed by atoms with Crippen LogP contribution >= 0.6 is 12.6 Å². The Kier molecular flexibility index (Phi) is 10.5. The minimum Gasteiger partial charge on any atom is -0.456 e. The van der Waals surface area contributed by atoms with E-state index in [1.165, 1.54) is 12.1 Å². The first kappa shape index (κ1) is 29.1. The number of amides is 1. The summed E-state index contributed by atoms with van der Waals surface area (Å²) in [5, 5.41) is 10.9. The Hall–Kier alpha value is -2.47. The summed E-state index contributed by atoms with van der Waals surface area (Å²) in [6, 6.07) is 5.80. The van der Waals surface area contributed by atoms with E-state index in [0.29, 0.717) is 41.0 Å². The van der Waals surface area contributed by atoms with Gasteiger partial charge in [0.1, 0.15) is 18.7 Å². The van der Waals surface area contributed by atoms with Crippen molar-refractivity contribution in [3.05, 3.63) is 50.5 Å². The van der Waals surface area contributed by atoms with Gasteiger partial charge in [0.2, 0.25) is 5.91 Å². The summed E-state index contributed by atoms with van der Waals surface area (Å²) < 4.78 is 17.7. The van der Waals surface area contributed by atoms with Crippen molar-refractivity contribution in [1.82, 2.24) is 4.90 Å². The first-order chi connectivity index (χ1) is 17.8. The summed E-state index contributed by atoms with van der Waals surface area (Å²) in [5.74, 6) is -0.801. The number of hydrogen-bond acceptors (Lipinski definition) is 8. The van der Waals surface area contributed by atoms with Crippen molar-refractivity contribution in [1.29, 1.82) is 0 Å². The average Bonchev–Trinajstić information content (AvgIpc) is 2.91. The Bertz CT molecular complexity index is 980. The summed E-state index contributed by atoms with van der Waals surface area (Å²) in [5.41, 5.74) is 0.693. The van der Waals surface area contributed by atoms with Crippen molar-refractivity contribution in [2.75, 3.05) is 32.8 Å². The van der Waals surface area contributed by atoms with Crippen LogP contribution in [0, 0.1) is 10.1 Å². The van der Waals surface area contributed by atoms with Crippen molar-refractivity contribution in [2.45, 2.75) is 71.9 Å². The fourth-order valence-corrected chi connectivity index (χ4v) is 5.24. The maximum Gasteiger partial charge on any atom is 0.356 e. The number of esters is 1. The maximum atomic E-state index is 13.4. The van der Waals surface area contributed by atoms with Crippen LogP contribution in [0.25, 0.3) is 0 Å². The molecule has 0 N–H and O–H groups in total. The number of benzene rings is 1. The zero-order valence-corrected chi connectivity index (χ0v) is 22.8. The van der Waals surface area contributed by atoms with Crippen molar-refractivity contribution >= 4 is 30.2 Å². The third-order valence-corrected chi connectivity index (χ3v) is 7.89. The summed E-state index contributed by atoms with van der Waals surface area (Å²) in [6.45, 7) is 9.59. The van der Waals surface area contributed by atoms with Crippen LogP contribution in [0.2, 0.25) is 0 Å². The number of hydrogen-bond donors (Lipinski definition) is 1. The molecule has 2 saturated heterocycles. The van der Waals surface area contributed by atoms with Crippen molar-refractivity contribution in [2.24, 2.45) is 0 Å². The number of likely N-dealkylation sites (tertiary alicyclic amines) is 1. The average molecular weight is 537 g/mol. The van der Waals surface area contributed by atoms with E-state index < -0.39 is 10.9 Å². The molecule has 0 bridgehead atoms. The second kappa shape index (κ2) is 13.4. The van der Waals surface area contributed by atoms with Gasteiger partial charge in [-0.1, -0.05) is 0 Å². The zero-order chi connectivity index (χ0) is 27.0. The molecule has 204 valence electrons. The number of carbonyl (C=O) groups excluding carboxylic acids is 2. The zero-order valence-electron chi connectivity index (χ0n) is 21.9. The van der Waals surface area contributed by atoms with Crippen molar-refractivity contribution < 1.29 is 33.2 Å². The molecule has 37 heavy (non-hydrogen) atoms. The van der Waals surface area contributed by atoms with Crippen LogP contribution in [0.15, 0.2) is 34.9 Å². The first-order valence-electron chi connectivity index (χ1n) is 13.0. The number of carbonyl (C=O) groups is 2. The number of β-lactam (4-membered cyclic amide) rings is 1. The number of nitro groups is 1. The SMILES string of the molecule is CC[N+](CC)(CC)C1CC(=O)N1C(C(=O)OCc1ccc([N+](=O)[O-])cc1)=C(S)CCOC1CCCCO1. The van der Waals surface area contributed by atoms with Crippen LogP contribution in [-0.4, -0.2) is 71.5 Å². The van der Waals surface area contributed by atoms with Gasteiger partial charge in [0.25, 0.3) is 5.69 Å². The molecule has 2 aliphatic rings. The molecule has 1 aromatic carbocycles. The van der Waals surface area contributed by atoms with E-state index in [1.807, 2.05) is 0 Å². The fraction of sp³-hybridized carbons (Fsp3) is 0.615. The lowest BCUT2D eigenvalue weighted by Crippen LogP contribution is -2.70. The summed E-state index contributed by atoms with van der Waals surface area (Å²) in [4.78, 5) is 38.7. The molecule has 3 rings (SSSR count). The Morgan fingerprint density at radius 3 is 2.41 bits per heavy atom. The Balaban J connectivity index is 1.80. The number of quaternary nitrogens is 1. The first-order valence-corrected chi connectivity index (χ1v) is 13.4. The smallest absolute Gasteiger partial charge is 0.356 e. The third-order valence-electron chi connectivity index (χ3n) is 7.45. The van der Waals surface area contributed by atoms with E-state index in [4.69, 9.17) is 14.2 Å². The lowest BCUT2D eigenvalue weighted by molar-refractivity contribution is -0.958. The van der Waals surface area contributed by atoms with E-state index >= 15 is 0 Å². The predicted molar refractivity (Wildman–Crippen MR) is 140 cm³/mol. The molecule has 0 radical (unpaired) electrons. The molecule has 0 aromatic heterocycles. The van der Waals surface area contributed by atoms with E-state index in [2.05, 4.69) is 33.4 Å². The molecule has 2 unspecified atom stereocenters. The number of ether oxygens (including phenoxy) is 3. The van der Waals surface area contributed by atoms with Gasteiger partial charge in [-0.3, -0.25) is 19.8 Å². The van der Waals surface area contributed by atoms with Gasteiger partial charge in [-0.2, -0.15) is 0 Å². The van der Waals surface area contributed by atoms with E-state index in [0.717, 1.165) is 38.9 Å². The molecule has 2 atom stereocenters. The van der Waals surface area contributed by atoms with Crippen LogP contribution in [0.4, 0.5) is 5.69 Å². The summed E-state index contributed by atoms with van der Waals surface area (Å²) >= 11 is 4.65. The van der Waals surface area contributed by atoms with Crippen molar-refractivity contribution in [3.63, 3.8) is 0 Å². The van der Waals surface area contributed by atoms with Crippen LogP contribution < -0.4 is 0 Å². The molecule has 0 spiro atoms. The molecule has 1 aromatic rings. The Morgan fingerprint density at radius 2 is 1.86 bits per heavy atom. The highest BCUT2D eigenvalue weighted by atomic mass is 32.1. The third kappa shape index (κ3) is 6.90. The van der Waals surface area contributed by atoms with Gasteiger partial charge in [0.15, 0.2) is 12.5 Å². The van der Waals surface area contributed by atoms with Crippen LogP contribution in [-0.2, 0) is 30.4 Å². The molecule has 11 heteroatoms. The Morgan fingerprint density at radius 1 is 1.19 bits per heavy atom. The molecular weight excluding hydrogens is 498 g/mol. The second-order valence-electron chi connectivity index (χ2n) is 9.33. The van der Waals surface area contributed by atoms with E-state index in [9.17, 15) is 19.7 Å². The molecule has 0 saturated carbocycles. The molecular formula is C26H38N3O7S+. The van der Waals surface area contributed by atoms with Crippen LogP contribution in [0.1, 0.15) is 58.4 Å². The number of non-ortho nitro benzene ring substituents is 1. The normalized spacial score (nSPS) is 20.8. The van der Waals surface area contributed by atoms with Gasteiger partial charge >= 0.3 is 5.97 Å². The van der Waals surface area contributed by atoms with Gasteiger partial charge in [0, 0.05) is 30.1 Å². The van der Waals surface area contributed by atoms with Crippen LogP contribution in [0.3, 0.4) is 0 Å². The number of thiol groups is 1. The highest BCUT2D eigenvalue weighted by Gasteiger charge is 2.52.